The van der Waals surface area contributed by atoms with Crippen molar-refractivity contribution in [2.24, 2.45) is 16.6 Å². The molecule has 0 saturated heterocycles. The zero-order valence-corrected chi connectivity index (χ0v) is 9.23. The standard InChI is InChI=1S/C11H23NO/c1-10(2)4-6-11(8-12,7-5-10)9-13-3/h4-9,12H2,1-3H3. The van der Waals surface area contributed by atoms with Crippen LogP contribution in [0.4, 0.5) is 0 Å². The monoisotopic (exact) mass is 185 g/mol. The molecule has 0 aromatic carbocycles. The molecule has 1 aliphatic carbocycles. The number of nitrogens with two attached hydrogens (primary N) is 1. The molecule has 78 valence electrons. The van der Waals surface area contributed by atoms with Crippen molar-refractivity contribution in [1.82, 2.24) is 0 Å². The predicted octanol–water partition coefficient (Wildman–Crippen LogP) is 2.18. The van der Waals surface area contributed by atoms with Crippen molar-refractivity contribution in [3.63, 3.8) is 0 Å². The molecule has 1 fully saturated rings. The third kappa shape index (κ3) is 2.68. The second-order valence-electron chi connectivity index (χ2n) is 5.30. The van der Waals surface area contributed by atoms with Crippen LogP contribution >= 0.6 is 0 Å². The summed E-state index contributed by atoms with van der Waals surface area (Å²) in [6, 6.07) is 0. The summed E-state index contributed by atoms with van der Waals surface area (Å²) < 4.78 is 5.26. The van der Waals surface area contributed by atoms with E-state index in [0.717, 1.165) is 13.2 Å². The molecule has 0 aromatic rings. The number of hydrogen-bond donors (Lipinski definition) is 1. The Hall–Kier alpha value is -0.0800. The van der Waals surface area contributed by atoms with E-state index in [1.165, 1.54) is 25.7 Å². The van der Waals surface area contributed by atoms with E-state index in [4.69, 9.17) is 10.5 Å². The third-order valence-electron chi connectivity index (χ3n) is 3.55. The summed E-state index contributed by atoms with van der Waals surface area (Å²) in [7, 11) is 1.77. The summed E-state index contributed by atoms with van der Waals surface area (Å²) in [6.07, 6.45) is 5.02. The first-order chi connectivity index (χ1) is 6.04. The molecule has 2 nitrogen and oxygen atoms in total. The Bertz CT molecular complexity index is 155. The molecule has 0 radical (unpaired) electrons. The molecule has 0 aliphatic heterocycles. The van der Waals surface area contributed by atoms with Gasteiger partial charge in [-0.25, -0.2) is 0 Å². The smallest absolute Gasteiger partial charge is 0.0530 e. The fraction of sp³-hybridized carbons (Fsp3) is 1.00. The largest absolute Gasteiger partial charge is 0.384 e. The van der Waals surface area contributed by atoms with Gasteiger partial charge in [-0.05, 0) is 31.1 Å². The van der Waals surface area contributed by atoms with E-state index >= 15 is 0 Å². The number of hydrogen-bond acceptors (Lipinski definition) is 2. The molecule has 2 heteroatoms. The normalized spacial score (nSPS) is 25.8. The van der Waals surface area contributed by atoms with Gasteiger partial charge in [0.1, 0.15) is 0 Å². The Morgan fingerprint density at radius 2 is 1.69 bits per heavy atom. The molecule has 1 saturated carbocycles. The quantitative estimate of drug-likeness (QED) is 0.731. The van der Waals surface area contributed by atoms with Crippen molar-refractivity contribution in [2.45, 2.75) is 39.5 Å². The highest BCUT2D eigenvalue weighted by Gasteiger charge is 2.37. The lowest BCUT2D eigenvalue weighted by molar-refractivity contribution is 0.0242. The Labute approximate surface area is 81.8 Å². The summed E-state index contributed by atoms with van der Waals surface area (Å²) in [5, 5.41) is 0. The van der Waals surface area contributed by atoms with Crippen LogP contribution in [0.15, 0.2) is 0 Å². The number of methoxy groups -OCH3 is 1. The van der Waals surface area contributed by atoms with Crippen LogP contribution in [0.1, 0.15) is 39.5 Å². The van der Waals surface area contributed by atoms with Gasteiger partial charge in [0.25, 0.3) is 0 Å². The molecule has 1 aliphatic rings. The summed E-state index contributed by atoms with van der Waals surface area (Å²) in [5.74, 6) is 0. The van der Waals surface area contributed by atoms with Crippen LogP contribution in [0, 0.1) is 10.8 Å². The van der Waals surface area contributed by atoms with E-state index in [1.54, 1.807) is 7.11 Å². The fourth-order valence-corrected chi connectivity index (χ4v) is 2.17. The summed E-state index contributed by atoms with van der Waals surface area (Å²) in [5.41, 5.74) is 6.64. The molecular formula is C11H23NO. The summed E-state index contributed by atoms with van der Waals surface area (Å²) in [6.45, 7) is 6.30. The molecule has 2 N–H and O–H groups in total. The van der Waals surface area contributed by atoms with E-state index in [9.17, 15) is 0 Å². The van der Waals surface area contributed by atoms with Gasteiger partial charge >= 0.3 is 0 Å². The van der Waals surface area contributed by atoms with E-state index in [1.807, 2.05) is 0 Å². The highest BCUT2D eigenvalue weighted by atomic mass is 16.5. The molecule has 0 bridgehead atoms. The number of ether oxygens (including phenoxy) is 1. The number of rotatable bonds is 3. The zero-order valence-electron chi connectivity index (χ0n) is 9.23. The zero-order chi connectivity index (χ0) is 9.95. The van der Waals surface area contributed by atoms with E-state index in [0.29, 0.717) is 5.41 Å². The van der Waals surface area contributed by atoms with Crippen molar-refractivity contribution in [2.75, 3.05) is 20.3 Å². The average Bonchev–Trinajstić information content (AvgIpc) is 2.10. The first kappa shape index (κ1) is 11.0. The first-order valence-corrected chi connectivity index (χ1v) is 5.23. The van der Waals surface area contributed by atoms with Crippen LogP contribution in [0.3, 0.4) is 0 Å². The third-order valence-corrected chi connectivity index (χ3v) is 3.55. The van der Waals surface area contributed by atoms with Crippen molar-refractivity contribution in [3.05, 3.63) is 0 Å². The molecular weight excluding hydrogens is 162 g/mol. The van der Waals surface area contributed by atoms with Crippen LogP contribution in [-0.4, -0.2) is 20.3 Å². The van der Waals surface area contributed by atoms with Gasteiger partial charge in [0.05, 0.1) is 6.61 Å². The van der Waals surface area contributed by atoms with Gasteiger partial charge in [0.15, 0.2) is 0 Å². The lowest BCUT2D eigenvalue weighted by Crippen LogP contribution is -2.40. The van der Waals surface area contributed by atoms with Gasteiger partial charge in [-0.2, -0.15) is 0 Å². The predicted molar refractivity (Wildman–Crippen MR) is 55.6 cm³/mol. The minimum atomic E-state index is 0.282. The first-order valence-electron chi connectivity index (χ1n) is 5.23. The topological polar surface area (TPSA) is 35.2 Å². The molecule has 0 spiro atoms. The maximum atomic E-state index is 5.83. The maximum absolute atomic E-state index is 5.83. The highest BCUT2D eigenvalue weighted by Crippen LogP contribution is 2.44. The van der Waals surface area contributed by atoms with Crippen LogP contribution in [-0.2, 0) is 4.74 Å². The fourth-order valence-electron chi connectivity index (χ4n) is 2.17. The van der Waals surface area contributed by atoms with Gasteiger partial charge in [0, 0.05) is 19.1 Å². The van der Waals surface area contributed by atoms with Crippen molar-refractivity contribution in [1.29, 1.82) is 0 Å². The Balaban J connectivity index is 2.52. The Morgan fingerprint density at radius 3 is 2.08 bits per heavy atom. The van der Waals surface area contributed by atoms with Crippen LogP contribution < -0.4 is 5.73 Å². The van der Waals surface area contributed by atoms with Crippen LogP contribution in [0.25, 0.3) is 0 Å². The minimum Gasteiger partial charge on any atom is -0.384 e. The Kier molecular flexibility index (Phi) is 3.36. The second kappa shape index (κ2) is 3.97. The van der Waals surface area contributed by atoms with Crippen LogP contribution in [0.5, 0.6) is 0 Å². The molecule has 13 heavy (non-hydrogen) atoms. The van der Waals surface area contributed by atoms with E-state index in [-0.39, 0.29) is 5.41 Å². The Morgan fingerprint density at radius 1 is 1.15 bits per heavy atom. The summed E-state index contributed by atoms with van der Waals surface area (Å²) in [4.78, 5) is 0. The SMILES string of the molecule is COCC1(CN)CCC(C)(C)CC1. The van der Waals surface area contributed by atoms with Crippen LogP contribution in [0.2, 0.25) is 0 Å². The minimum absolute atomic E-state index is 0.282. The molecule has 0 unspecified atom stereocenters. The maximum Gasteiger partial charge on any atom is 0.0530 e. The van der Waals surface area contributed by atoms with E-state index in [2.05, 4.69) is 13.8 Å². The van der Waals surface area contributed by atoms with E-state index < -0.39 is 0 Å². The van der Waals surface area contributed by atoms with Crippen molar-refractivity contribution >= 4 is 0 Å². The lowest BCUT2D eigenvalue weighted by atomic mass is 9.65. The van der Waals surface area contributed by atoms with Crippen molar-refractivity contribution in [3.8, 4) is 0 Å². The van der Waals surface area contributed by atoms with Gasteiger partial charge in [-0.3, -0.25) is 0 Å². The summed E-state index contributed by atoms with van der Waals surface area (Å²) >= 11 is 0. The molecule has 0 amide bonds. The molecule has 1 rings (SSSR count). The van der Waals surface area contributed by atoms with Gasteiger partial charge in [-0.1, -0.05) is 13.8 Å². The lowest BCUT2D eigenvalue weighted by Gasteiger charge is -2.42. The molecule has 0 heterocycles. The van der Waals surface area contributed by atoms with Gasteiger partial charge < -0.3 is 10.5 Å². The van der Waals surface area contributed by atoms with Gasteiger partial charge in [0.2, 0.25) is 0 Å². The van der Waals surface area contributed by atoms with Gasteiger partial charge in [-0.15, -0.1) is 0 Å². The molecule has 0 atom stereocenters. The molecule has 0 aromatic heterocycles. The highest BCUT2D eigenvalue weighted by molar-refractivity contribution is 4.89. The average molecular weight is 185 g/mol. The second-order valence-corrected chi connectivity index (χ2v) is 5.30. The van der Waals surface area contributed by atoms with Crippen molar-refractivity contribution < 1.29 is 4.74 Å².